The molecule has 0 aliphatic carbocycles. The Morgan fingerprint density at radius 1 is 0.852 bits per heavy atom. The molecule has 1 amide bonds. The predicted octanol–water partition coefficient (Wildman–Crippen LogP) is 5.28. The number of pyridine rings is 2. The van der Waals surface area contributed by atoms with Gasteiger partial charge in [-0.2, -0.15) is 0 Å². The van der Waals surface area contributed by atoms with Crippen molar-refractivity contribution < 1.29 is 4.79 Å². The molecule has 132 valence electrons. The minimum absolute atomic E-state index is 0.282. The Morgan fingerprint density at radius 3 is 2.41 bits per heavy atom. The summed E-state index contributed by atoms with van der Waals surface area (Å²) in [5.74, 6) is -0.282. The lowest BCUT2D eigenvalue weighted by atomic mass is 10.2. The van der Waals surface area contributed by atoms with E-state index >= 15 is 0 Å². The second-order valence-electron chi connectivity index (χ2n) is 5.90. The standard InChI is InChI=1S/C21H15ClN4O/c22-15-6-8-16(9-7-15)26-21(27)19-11-10-17(13-24-19)25-18-5-1-3-14-4-2-12-23-20(14)18/h1-13,25H,(H,26,27). The molecular formula is C21H15ClN4O. The molecule has 4 aromatic rings. The van der Waals surface area contributed by atoms with E-state index in [1.54, 1.807) is 42.7 Å². The monoisotopic (exact) mass is 374 g/mol. The van der Waals surface area contributed by atoms with Gasteiger partial charge in [0.25, 0.3) is 5.91 Å². The highest BCUT2D eigenvalue weighted by molar-refractivity contribution is 6.30. The second kappa shape index (κ2) is 7.43. The molecule has 0 atom stereocenters. The first-order chi connectivity index (χ1) is 13.2. The fraction of sp³-hybridized carbons (Fsp3) is 0. The van der Waals surface area contributed by atoms with E-state index in [9.17, 15) is 4.79 Å². The summed E-state index contributed by atoms with van der Waals surface area (Å²) in [7, 11) is 0. The van der Waals surface area contributed by atoms with Gasteiger partial charge in [-0.25, -0.2) is 4.98 Å². The summed E-state index contributed by atoms with van der Waals surface area (Å²) in [5.41, 5.74) is 3.52. The van der Waals surface area contributed by atoms with Gasteiger partial charge < -0.3 is 10.6 Å². The number of aromatic nitrogens is 2. The van der Waals surface area contributed by atoms with Crippen molar-refractivity contribution in [3.8, 4) is 0 Å². The number of rotatable bonds is 4. The first-order valence-electron chi connectivity index (χ1n) is 8.33. The third-order valence-corrected chi connectivity index (χ3v) is 4.26. The summed E-state index contributed by atoms with van der Waals surface area (Å²) in [6.07, 6.45) is 3.38. The number of para-hydroxylation sites is 1. The Kier molecular flexibility index (Phi) is 4.68. The molecule has 6 heteroatoms. The number of amides is 1. The Morgan fingerprint density at radius 2 is 1.63 bits per heavy atom. The van der Waals surface area contributed by atoms with Gasteiger partial charge in [-0.1, -0.05) is 29.8 Å². The van der Waals surface area contributed by atoms with Crippen LogP contribution in [0.3, 0.4) is 0 Å². The van der Waals surface area contributed by atoms with Gasteiger partial charge in [0.2, 0.25) is 0 Å². The lowest BCUT2D eigenvalue weighted by molar-refractivity contribution is 0.102. The topological polar surface area (TPSA) is 66.9 Å². The van der Waals surface area contributed by atoms with Crippen LogP contribution in [-0.4, -0.2) is 15.9 Å². The van der Waals surface area contributed by atoms with E-state index in [-0.39, 0.29) is 5.91 Å². The van der Waals surface area contributed by atoms with Crippen LogP contribution >= 0.6 is 11.6 Å². The van der Waals surface area contributed by atoms with Crippen LogP contribution in [0.4, 0.5) is 17.1 Å². The Bertz CT molecular complexity index is 1090. The minimum atomic E-state index is -0.282. The normalized spacial score (nSPS) is 10.6. The molecule has 2 heterocycles. The maximum absolute atomic E-state index is 12.3. The van der Waals surface area contributed by atoms with Crippen molar-refractivity contribution in [2.45, 2.75) is 0 Å². The molecule has 0 aliphatic rings. The number of benzene rings is 2. The highest BCUT2D eigenvalue weighted by atomic mass is 35.5. The Labute approximate surface area is 161 Å². The quantitative estimate of drug-likeness (QED) is 0.510. The zero-order valence-electron chi connectivity index (χ0n) is 14.2. The number of hydrogen-bond donors (Lipinski definition) is 2. The zero-order chi connectivity index (χ0) is 18.6. The number of halogens is 1. The Hall–Kier alpha value is -3.44. The zero-order valence-corrected chi connectivity index (χ0v) is 14.9. The van der Waals surface area contributed by atoms with Crippen LogP contribution in [0.1, 0.15) is 10.5 Å². The molecule has 2 aromatic carbocycles. The molecule has 27 heavy (non-hydrogen) atoms. The van der Waals surface area contributed by atoms with Gasteiger partial charge in [0.15, 0.2) is 0 Å². The van der Waals surface area contributed by atoms with Crippen LogP contribution in [0.15, 0.2) is 79.1 Å². The third-order valence-electron chi connectivity index (χ3n) is 4.01. The van der Waals surface area contributed by atoms with Crippen LogP contribution in [0.5, 0.6) is 0 Å². The van der Waals surface area contributed by atoms with Crippen LogP contribution in [0, 0.1) is 0 Å². The maximum Gasteiger partial charge on any atom is 0.274 e. The fourth-order valence-corrected chi connectivity index (χ4v) is 2.82. The Balaban J connectivity index is 1.50. The molecule has 2 N–H and O–H groups in total. The van der Waals surface area contributed by atoms with Crippen molar-refractivity contribution in [2.24, 2.45) is 0 Å². The van der Waals surface area contributed by atoms with Gasteiger partial charge in [-0.3, -0.25) is 9.78 Å². The summed E-state index contributed by atoms with van der Waals surface area (Å²) in [6.45, 7) is 0. The molecule has 0 spiro atoms. The van der Waals surface area contributed by atoms with Crippen molar-refractivity contribution in [1.29, 1.82) is 0 Å². The molecule has 0 aliphatic heterocycles. The molecule has 5 nitrogen and oxygen atoms in total. The maximum atomic E-state index is 12.3. The summed E-state index contributed by atoms with van der Waals surface area (Å²) in [4.78, 5) is 21.0. The van der Waals surface area contributed by atoms with Crippen molar-refractivity contribution in [2.75, 3.05) is 10.6 Å². The summed E-state index contributed by atoms with van der Waals surface area (Å²) in [6, 6.07) is 20.2. The van der Waals surface area contributed by atoms with Crippen molar-refractivity contribution in [3.05, 3.63) is 89.8 Å². The molecule has 0 bridgehead atoms. The first kappa shape index (κ1) is 17.0. The lowest BCUT2D eigenvalue weighted by Gasteiger charge is -2.09. The van der Waals surface area contributed by atoms with E-state index in [1.165, 1.54) is 0 Å². The fourth-order valence-electron chi connectivity index (χ4n) is 2.69. The number of nitrogens with zero attached hydrogens (tertiary/aromatic N) is 2. The lowest BCUT2D eigenvalue weighted by Crippen LogP contribution is -2.13. The largest absolute Gasteiger partial charge is 0.352 e. The number of nitrogens with one attached hydrogen (secondary N) is 2. The van der Waals surface area contributed by atoms with Gasteiger partial charge in [0, 0.05) is 22.3 Å². The second-order valence-corrected chi connectivity index (χ2v) is 6.34. The molecule has 0 unspecified atom stereocenters. The van der Waals surface area contributed by atoms with E-state index in [2.05, 4.69) is 20.6 Å². The third kappa shape index (κ3) is 3.88. The first-order valence-corrected chi connectivity index (χ1v) is 8.70. The van der Waals surface area contributed by atoms with Gasteiger partial charge in [0.1, 0.15) is 5.69 Å². The van der Waals surface area contributed by atoms with Crippen LogP contribution in [0.25, 0.3) is 10.9 Å². The van der Waals surface area contributed by atoms with Crippen molar-refractivity contribution in [3.63, 3.8) is 0 Å². The van der Waals surface area contributed by atoms with E-state index in [4.69, 9.17) is 11.6 Å². The SMILES string of the molecule is O=C(Nc1ccc(Cl)cc1)c1ccc(Nc2cccc3cccnc23)cn1. The number of hydrogen-bond acceptors (Lipinski definition) is 4. The number of carbonyl (C=O) groups is 1. The highest BCUT2D eigenvalue weighted by Crippen LogP contribution is 2.24. The molecule has 0 fully saturated rings. The number of anilines is 3. The predicted molar refractivity (Wildman–Crippen MR) is 109 cm³/mol. The molecule has 0 saturated carbocycles. The average molecular weight is 375 g/mol. The van der Waals surface area contributed by atoms with Gasteiger partial charge in [0.05, 0.1) is 23.1 Å². The molecule has 0 saturated heterocycles. The van der Waals surface area contributed by atoms with Gasteiger partial charge in [-0.15, -0.1) is 0 Å². The summed E-state index contributed by atoms with van der Waals surface area (Å²) >= 11 is 5.85. The van der Waals surface area contributed by atoms with Crippen molar-refractivity contribution in [1.82, 2.24) is 9.97 Å². The molecule has 2 aromatic heterocycles. The minimum Gasteiger partial charge on any atom is -0.352 e. The van der Waals surface area contributed by atoms with Crippen molar-refractivity contribution >= 4 is 45.5 Å². The van der Waals surface area contributed by atoms with Crippen LogP contribution in [0.2, 0.25) is 5.02 Å². The smallest absolute Gasteiger partial charge is 0.274 e. The van der Waals surface area contributed by atoms with E-state index in [0.29, 0.717) is 16.4 Å². The van der Waals surface area contributed by atoms with Crippen LogP contribution < -0.4 is 10.6 Å². The number of carbonyl (C=O) groups excluding carboxylic acids is 1. The van der Waals surface area contributed by atoms with E-state index in [0.717, 1.165) is 22.3 Å². The highest BCUT2D eigenvalue weighted by Gasteiger charge is 2.08. The van der Waals surface area contributed by atoms with Crippen LogP contribution in [-0.2, 0) is 0 Å². The molecule has 0 radical (unpaired) electrons. The van der Waals surface area contributed by atoms with E-state index in [1.807, 2.05) is 36.4 Å². The summed E-state index contributed by atoms with van der Waals surface area (Å²) < 4.78 is 0. The number of fused-ring (bicyclic) bond motifs is 1. The molecule has 4 rings (SSSR count). The average Bonchev–Trinajstić information content (AvgIpc) is 2.70. The van der Waals surface area contributed by atoms with Gasteiger partial charge >= 0.3 is 0 Å². The summed E-state index contributed by atoms with van der Waals surface area (Å²) in [5, 5.41) is 7.75. The molecular weight excluding hydrogens is 360 g/mol. The van der Waals surface area contributed by atoms with E-state index < -0.39 is 0 Å². The van der Waals surface area contributed by atoms with Gasteiger partial charge in [-0.05, 0) is 48.5 Å².